The number of hydrogen-bond donors (Lipinski definition) is 1. The molecule has 0 aromatic carbocycles. The minimum atomic E-state index is -5.43. The fourth-order valence-corrected chi connectivity index (χ4v) is 1.22. The van der Waals surface area contributed by atoms with Gasteiger partial charge in [-0.25, -0.2) is 18.6 Å². The quantitative estimate of drug-likeness (QED) is 0.523. The van der Waals surface area contributed by atoms with Crippen molar-refractivity contribution in [2.45, 2.75) is 12.6 Å². The zero-order valence-corrected chi connectivity index (χ0v) is 8.61. The van der Waals surface area contributed by atoms with Crippen LogP contribution in [-0.2, 0) is 6.18 Å². The summed E-state index contributed by atoms with van der Waals surface area (Å²) in [7, 11) is 0. The molecule has 6 nitrogen and oxygen atoms in total. The Balaban J connectivity index is 3.76. The molecule has 1 aromatic heterocycles. The van der Waals surface area contributed by atoms with E-state index in [1.807, 2.05) is 0 Å². The van der Waals surface area contributed by atoms with E-state index in [0.29, 0.717) is 0 Å². The molecule has 0 radical (unpaired) electrons. The van der Waals surface area contributed by atoms with Crippen LogP contribution in [0.1, 0.15) is 28.2 Å². The van der Waals surface area contributed by atoms with Gasteiger partial charge in [0.1, 0.15) is 11.3 Å². The molecule has 19 heavy (non-hydrogen) atoms. The number of hydrogen-bond acceptors (Lipinski definition) is 4. The number of aromatic nitrogens is 1. The van der Waals surface area contributed by atoms with Crippen LogP contribution in [0.5, 0.6) is 0 Å². The maximum atomic E-state index is 12.5. The van der Waals surface area contributed by atoms with Crippen LogP contribution in [0.2, 0.25) is 0 Å². The van der Waals surface area contributed by atoms with Gasteiger partial charge in [-0.05, 0) is 6.07 Å². The highest BCUT2D eigenvalue weighted by molar-refractivity contribution is 5.86. The zero-order chi connectivity index (χ0) is 15.0. The molecule has 1 aromatic rings. The minimum absolute atomic E-state index is 0.0420. The molecule has 0 bridgehead atoms. The van der Waals surface area contributed by atoms with Crippen molar-refractivity contribution < 1.29 is 36.8 Å². The summed E-state index contributed by atoms with van der Waals surface area (Å²) in [5, 5.41) is 18.9. The summed E-state index contributed by atoms with van der Waals surface area (Å²) in [5.41, 5.74) is -7.22. The number of carbonyl (C=O) groups is 1. The first-order valence-corrected chi connectivity index (χ1v) is 4.33. The molecule has 0 saturated carbocycles. The molecular formula is C8H3F5N2O4. The van der Waals surface area contributed by atoms with Crippen molar-refractivity contribution in [3.8, 4) is 0 Å². The second-order valence-electron chi connectivity index (χ2n) is 3.15. The van der Waals surface area contributed by atoms with Crippen molar-refractivity contribution >= 4 is 11.7 Å². The highest BCUT2D eigenvalue weighted by Gasteiger charge is 2.44. The lowest BCUT2D eigenvalue weighted by molar-refractivity contribution is -0.390. The summed E-state index contributed by atoms with van der Waals surface area (Å²) in [6.07, 6.45) is -9.08. The van der Waals surface area contributed by atoms with Gasteiger partial charge in [0.05, 0.1) is 4.92 Å². The van der Waals surface area contributed by atoms with Gasteiger partial charge < -0.3 is 5.11 Å². The third-order valence-electron chi connectivity index (χ3n) is 1.93. The van der Waals surface area contributed by atoms with Gasteiger partial charge in [-0.2, -0.15) is 13.2 Å². The van der Waals surface area contributed by atoms with E-state index in [-0.39, 0.29) is 6.07 Å². The standard InChI is InChI=1S/C8H3F5N2O4/c9-6(10)2-1-3(7(16)17)14-5(8(11,12)13)4(2)15(18)19/h1,6H,(H,16,17). The molecule has 0 spiro atoms. The van der Waals surface area contributed by atoms with Gasteiger partial charge in [-0.3, -0.25) is 10.1 Å². The molecule has 1 heterocycles. The first-order chi connectivity index (χ1) is 8.55. The van der Waals surface area contributed by atoms with Crippen molar-refractivity contribution in [2.75, 3.05) is 0 Å². The van der Waals surface area contributed by atoms with Gasteiger partial charge in [0.2, 0.25) is 5.69 Å². The van der Waals surface area contributed by atoms with Crippen molar-refractivity contribution in [1.82, 2.24) is 4.98 Å². The predicted molar refractivity (Wildman–Crippen MR) is 47.8 cm³/mol. The largest absolute Gasteiger partial charge is 0.477 e. The van der Waals surface area contributed by atoms with Crippen LogP contribution < -0.4 is 0 Å². The molecule has 0 aliphatic heterocycles. The van der Waals surface area contributed by atoms with Crippen LogP contribution in [-0.4, -0.2) is 21.0 Å². The molecule has 0 aliphatic carbocycles. The summed E-state index contributed by atoms with van der Waals surface area (Å²) in [6, 6.07) is 0.0420. The molecule has 104 valence electrons. The fraction of sp³-hybridized carbons (Fsp3) is 0.250. The van der Waals surface area contributed by atoms with Crippen LogP contribution in [0.15, 0.2) is 6.07 Å². The van der Waals surface area contributed by atoms with Gasteiger partial charge in [0.15, 0.2) is 0 Å². The van der Waals surface area contributed by atoms with E-state index in [2.05, 4.69) is 4.98 Å². The number of rotatable bonds is 3. The fourth-order valence-electron chi connectivity index (χ4n) is 1.22. The van der Waals surface area contributed by atoms with E-state index >= 15 is 0 Å². The number of nitro groups is 1. The monoisotopic (exact) mass is 286 g/mol. The predicted octanol–water partition coefficient (Wildman–Crippen LogP) is 2.64. The van der Waals surface area contributed by atoms with Gasteiger partial charge >= 0.3 is 17.8 Å². The Hall–Kier alpha value is -2.33. The average molecular weight is 286 g/mol. The molecule has 0 fully saturated rings. The lowest BCUT2D eigenvalue weighted by Crippen LogP contribution is -2.17. The van der Waals surface area contributed by atoms with Crippen molar-refractivity contribution in [2.24, 2.45) is 0 Å². The van der Waals surface area contributed by atoms with Crippen LogP contribution >= 0.6 is 0 Å². The Labute approximate surface area is 100 Å². The summed E-state index contributed by atoms with van der Waals surface area (Å²) in [5.74, 6) is -2.01. The van der Waals surface area contributed by atoms with Gasteiger partial charge in [-0.15, -0.1) is 0 Å². The Kier molecular flexibility index (Phi) is 3.68. The number of nitrogens with zero attached hydrogens (tertiary/aromatic N) is 2. The highest BCUT2D eigenvalue weighted by Crippen LogP contribution is 2.40. The third-order valence-corrected chi connectivity index (χ3v) is 1.93. The van der Waals surface area contributed by atoms with E-state index in [1.165, 1.54) is 0 Å². The molecule has 0 amide bonds. The van der Waals surface area contributed by atoms with E-state index in [9.17, 15) is 36.9 Å². The Morgan fingerprint density at radius 2 is 1.95 bits per heavy atom. The number of pyridine rings is 1. The van der Waals surface area contributed by atoms with Crippen LogP contribution in [0.3, 0.4) is 0 Å². The van der Waals surface area contributed by atoms with E-state index in [1.54, 1.807) is 0 Å². The molecule has 0 aliphatic rings. The first kappa shape index (κ1) is 14.7. The second-order valence-corrected chi connectivity index (χ2v) is 3.15. The lowest BCUT2D eigenvalue weighted by Gasteiger charge is -2.10. The number of alkyl halides is 5. The molecule has 0 atom stereocenters. The molecule has 11 heteroatoms. The van der Waals surface area contributed by atoms with Crippen LogP contribution in [0.25, 0.3) is 0 Å². The highest BCUT2D eigenvalue weighted by atomic mass is 19.4. The molecular weight excluding hydrogens is 283 g/mol. The van der Waals surface area contributed by atoms with Gasteiger partial charge in [-0.1, -0.05) is 0 Å². The maximum absolute atomic E-state index is 12.5. The third kappa shape index (κ3) is 2.92. The molecule has 1 rings (SSSR count). The number of carboxylic acids is 1. The number of halogens is 5. The second kappa shape index (κ2) is 4.74. The molecule has 0 saturated heterocycles. The van der Waals surface area contributed by atoms with Crippen molar-refractivity contribution in [1.29, 1.82) is 0 Å². The summed E-state index contributed by atoms with van der Waals surface area (Å²) in [4.78, 5) is 21.8. The first-order valence-electron chi connectivity index (χ1n) is 4.33. The van der Waals surface area contributed by atoms with Crippen LogP contribution in [0.4, 0.5) is 27.6 Å². The summed E-state index contributed by atoms with van der Waals surface area (Å²) < 4.78 is 62.5. The van der Waals surface area contributed by atoms with Crippen molar-refractivity contribution in [3.63, 3.8) is 0 Å². The summed E-state index contributed by atoms with van der Waals surface area (Å²) in [6.45, 7) is 0. The van der Waals surface area contributed by atoms with Crippen molar-refractivity contribution in [3.05, 3.63) is 33.1 Å². The van der Waals surface area contributed by atoms with E-state index < -0.39 is 46.1 Å². The number of carboxylic acid groups (broad SMARTS) is 1. The van der Waals surface area contributed by atoms with Gasteiger partial charge in [0, 0.05) is 0 Å². The molecule has 1 N–H and O–H groups in total. The van der Waals surface area contributed by atoms with Gasteiger partial charge in [0.25, 0.3) is 6.43 Å². The smallest absolute Gasteiger partial charge is 0.440 e. The maximum Gasteiger partial charge on any atom is 0.440 e. The Morgan fingerprint density at radius 3 is 2.26 bits per heavy atom. The average Bonchev–Trinajstić information content (AvgIpc) is 2.25. The zero-order valence-electron chi connectivity index (χ0n) is 8.61. The summed E-state index contributed by atoms with van der Waals surface area (Å²) >= 11 is 0. The topological polar surface area (TPSA) is 93.3 Å². The Morgan fingerprint density at radius 1 is 1.42 bits per heavy atom. The number of aromatic carboxylic acids is 1. The van der Waals surface area contributed by atoms with E-state index in [4.69, 9.17) is 5.11 Å². The van der Waals surface area contributed by atoms with E-state index in [0.717, 1.165) is 0 Å². The Bertz CT molecular complexity index is 543. The molecule has 0 unspecified atom stereocenters. The normalized spacial score (nSPS) is 11.7. The lowest BCUT2D eigenvalue weighted by atomic mass is 10.1. The minimum Gasteiger partial charge on any atom is -0.477 e. The SMILES string of the molecule is O=C(O)c1cc(C(F)F)c([N+](=O)[O-])c(C(F)(F)F)n1. The van der Waals surface area contributed by atoms with Crippen LogP contribution in [0, 0.1) is 10.1 Å².